The van der Waals surface area contributed by atoms with E-state index in [4.69, 9.17) is 4.89 Å². The molecule has 0 amide bonds. The highest BCUT2D eigenvalue weighted by Gasteiger charge is 2.64. The number of hydrogen-bond donors (Lipinski definition) is 1. The average molecular weight is 334 g/mol. The molecule has 1 N–H and O–H groups in total. The molecule has 20 heavy (non-hydrogen) atoms. The predicted molar refractivity (Wildman–Crippen MR) is 46.0 cm³/mol. The van der Waals surface area contributed by atoms with E-state index in [1.54, 1.807) is 0 Å². The van der Waals surface area contributed by atoms with Crippen molar-refractivity contribution < 1.29 is 48.8 Å². The molecule has 1 nitrogen and oxygen atoms in total. The van der Waals surface area contributed by atoms with Crippen molar-refractivity contribution in [3.8, 4) is 0 Å². The molecule has 1 aromatic rings. The Hall–Kier alpha value is -1.09. The second-order valence-electron chi connectivity index (χ2n) is 3.27. The van der Waals surface area contributed by atoms with Gasteiger partial charge in [0.1, 0.15) is 8.15 Å². The number of halogens is 10. The summed E-state index contributed by atoms with van der Waals surface area (Å²) in [7, 11) is -5.05. The van der Waals surface area contributed by atoms with Gasteiger partial charge in [-0.3, -0.25) is 0 Å². The summed E-state index contributed by atoms with van der Waals surface area (Å²) < 4.78 is 125. The fraction of sp³-hybridized carbons (Fsp3) is 0.250. The molecule has 0 aromatic heterocycles. The zero-order valence-electron chi connectivity index (χ0n) is 8.67. The van der Waals surface area contributed by atoms with Gasteiger partial charge in [0.2, 0.25) is 5.82 Å². The molecule has 1 unspecified atom stereocenters. The minimum absolute atomic E-state index is 2.60. The van der Waals surface area contributed by atoms with E-state index in [1.807, 2.05) is 0 Å². The van der Waals surface area contributed by atoms with Crippen molar-refractivity contribution in [2.45, 2.75) is 11.8 Å². The van der Waals surface area contributed by atoms with E-state index in [2.05, 4.69) is 0 Å². The predicted octanol–water partition coefficient (Wildman–Crippen LogP) is 3.55. The molecule has 0 heterocycles. The molecule has 1 aromatic carbocycles. The van der Waals surface area contributed by atoms with Crippen molar-refractivity contribution in [3.05, 3.63) is 29.1 Å². The molecular weight excluding hydrogens is 333 g/mol. The third-order valence-electron chi connectivity index (χ3n) is 2.01. The third kappa shape index (κ3) is 2.44. The summed E-state index contributed by atoms with van der Waals surface area (Å²) in [5, 5.41) is -2.60. The van der Waals surface area contributed by atoms with Gasteiger partial charge in [-0.25, -0.2) is 22.0 Å². The van der Waals surface area contributed by atoms with Crippen LogP contribution >= 0.6 is 8.15 Å². The van der Waals surface area contributed by atoms with Gasteiger partial charge < -0.3 is 4.89 Å². The van der Waals surface area contributed by atoms with Crippen molar-refractivity contribution in [1.82, 2.24) is 0 Å². The van der Waals surface area contributed by atoms with Crippen LogP contribution < -0.4 is 5.30 Å². The number of benzene rings is 1. The lowest BCUT2D eigenvalue weighted by atomic mass is 10.3. The van der Waals surface area contributed by atoms with Crippen LogP contribution in [0.25, 0.3) is 0 Å². The van der Waals surface area contributed by atoms with Crippen molar-refractivity contribution in [3.63, 3.8) is 0 Å². The molecular formula is C8HF10OP. The molecule has 0 radical (unpaired) electrons. The minimum atomic E-state index is -6.44. The maximum absolute atomic E-state index is 13.0. The lowest BCUT2D eigenvalue weighted by Crippen LogP contribution is -2.39. The molecule has 1 rings (SSSR count). The Morgan fingerprint density at radius 2 is 0.950 bits per heavy atom. The van der Waals surface area contributed by atoms with Gasteiger partial charge in [-0.05, 0) is 0 Å². The van der Waals surface area contributed by atoms with Gasteiger partial charge in [-0.1, -0.05) is 0 Å². The van der Waals surface area contributed by atoms with Crippen molar-refractivity contribution in [2.24, 2.45) is 0 Å². The van der Waals surface area contributed by atoms with Crippen LogP contribution in [-0.4, -0.2) is 16.7 Å². The van der Waals surface area contributed by atoms with E-state index in [0.717, 1.165) is 0 Å². The molecule has 0 fully saturated rings. The molecule has 0 bridgehead atoms. The normalized spacial score (nSPS) is 14.6. The Balaban J connectivity index is 3.57. The number of alkyl halides is 5. The Kier molecular flexibility index (Phi) is 4.27. The summed E-state index contributed by atoms with van der Waals surface area (Å²) in [6, 6.07) is 0. The molecule has 114 valence electrons. The fourth-order valence-electron chi connectivity index (χ4n) is 1.04. The van der Waals surface area contributed by atoms with Crippen LogP contribution in [0.5, 0.6) is 0 Å². The maximum Gasteiger partial charge on any atom is 0.460 e. The molecule has 0 spiro atoms. The van der Waals surface area contributed by atoms with E-state index in [-0.39, 0.29) is 0 Å². The first-order valence-corrected chi connectivity index (χ1v) is 5.58. The summed E-state index contributed by atoms with van der Waals surface area (Å²) >= 11 is 0. The first-order valence-electron chi connectivity index (χ1n) is 4.29. The van der Waals surface area contributed by atoms with Crippen LogP contribution in [-0.2, 0) is 0 Å². The first kappa shape index (κ1) is 17.0. The highest BCUT2D eigenvalue weighted by Crippen LogP contribution is 2.57. The van der Waals surface area contributed by atoms with Crippen molar-refractivity contribution in [2.75, 3.05) is 0 Å². The number of hydrogen-bond acceptors (Lipinski definition) is 1. The van der Waals surface area contributed by atoms with Crippen molar-refractivity contribution in [1.29, 1.82) is 0 Å². The molecule has 0 aliphatic heterocycles. The van der Waals surface area contributed by atoms with Gasteiger partial charge in [0.15, 0.2) is 23.3 Å². The smallest absolute Gasteiger partial charge is 0.363 e. The van der Waals surface area contributed by atoms with Gasteiger partial charge in [0, 0.05) is 0 Å². The van der Waals surface area contributed by atoms with Gasteiger partial charge >= 0.3 is 11.8 Å². The average Bonchev–Trinajstić information content (AvgIpc) is 2.32. The lowest BCUT2D eigenvalue weighted by Gasteiger charge is -2.25. The first-order chi connectivity index (χ1) is 8.84. The SMILES string of the molecule is OP(c1c(F)c(F)c(F)c(F)c1F)C(F)(F)C(F)(F)F. The standard InChI is InChI=1S/C8HF10OP/c9-1-2(10)4(12)6(5(13)3(1)11)20(19)8(17,18)7(14,15)16/h19H. The van der Waals surface area contributed by atoms with E-state index in [0.29, 0.717) is 0 Å². The van der Waals surface area contributed by atoms with Crippen LogP contribution in [0.15, 0.2) is 0 Å². The summed E-state index contributed by atoms with van der Waals surface area (Å²) in [5.74, 6) is -14.1. The van der Waals surface area contributed by atoms with E-state index >= 15 is 0 Å². The van der Waals surface area contributed by atoms with Gasteiger partial charge in [-0.15, -0.1) is 0 Å². The lowest BCUT2D eigenvalue weighted by molar-refractivity contribution is -0.242. The van der Waals surface area contributed by atoms with Gasteiger partial charge in [-0.2, -0.15) is 22.0 Å². The highest BCUT2D eigenvalue weighted by molar-refractivity contribution is 7.61. The van der Waals surface area contributed by atoms with Crippen LogP contribution in [0.3, 0.4) is 0 Å². The van der Waals surface area contributed by atoms with Crippen LogP contribution in [0.2, 0.25) is 0 Å². The Morgan fingerprint density at radius 1 is 0.650 bits per heavy atom. The van der Waals surface area contributed by atoms with Crippen LogP contribution in [0.4, 0.5) is 43.9 Å². The van der Waals surface area contributed by atoms with Gasteiger partial charge in [0.25, 0.3) is 0 Å². The maximum atomic E-state index is 13.0. The zero-order chi connectivity index (χ0) is 16.0. The van der Waals surface area contributed by atoms with Crippen LogP contribution in [0.1, 0.15) is 0 Å². The topological polar surface area (TPSA) is 20.2 Å². The summed E-state index contributed by atoms with van der Waals surface area (Å²) in [6.07, 6.45) is -6.44. The summed E-state index contributed by atoms with van der Waals surface area (Å²) in [4.78, 5) is 8.74. The van der Waals surface area contributed by atoms with E-state index < -0.39 is 54.4 Å². The largest absolute Gasteiger partial charge is 0.460 e. The monoisotopic (exact) mass is 334 g/mol. The Morgan fingerprint density at radius 3 is 1.25 bits per heavy atom. The molecule has 0 saturated carbocycles. The Labute approximate surface area is 104 Å². The Bertz CT molecular complexity index is 510. The quantitative estimate of drug-likeness (QED) is 0.380. The molecule has 12 heteroatoms. The second kappa shape index (κ2) is 5.03. The summed E-state index contributed by atoms with van der Waals surface area (Å²) in [6.45, 7) is 0. The zero-order valence-corrected chi connectivity index (χ0v) is 9.57. The molecule has 0 saturated heterocycles. The number of rotatable bonds is 2. The fourth-order valence-corrected chi connectivity index (χ4v) is 2.13. The third-order valence-corrected chi connectivity index (χ3v) is 3.61. The minimum Gasteiger partial charge on any atom is -0.363 e. The molecule has 0 aliphatic rings. The van der Waals surface area contributed by atoms with Crippen molar-refractivity contribution >= 4 is 13.5 Å². The molecule has 0 aliphatic carbocycles. The summed E-state index contributed by atoms with van der Waals surface area (Å²) in [5.41, 5.74) is -6.05. The molecule has 1 atom stereocenters. The highest BCUT2D eigenvalue weighted by atomic mass is 31.1. The van der Waals surface area contributed by atoms with Gasteiger partial charge in [0.05, 0.1) is 5.30 Å². The second-order valence-corrected chi connectivity index (χ2v) is 4.90. The van der Waals surface area contributed by atoms with E-state index in [9.17, 15) is 43.9 Å². The van der Waals surface area contributed by atoms with E-state index in [1.165, 1.54) is 0 Å². The van der Waals surface area contributed by atoms with Crippen LogP contribution in [0, 0.1) is 29.1 Å².